The Hall–Kier alpha value is -3.94. The number of benzene rings is 3. The zero-order valence-corrected chi connectivity index (χ0v) is 29.8. The van der Waals surface area contributed by atoms with E-state index >= 15 is 0 Å². The molecular formula is C42H51N3O3S. The Morgan fingerprint density at radius 1 is 0.837 bits per heavy atom. The van der Waals surface area contributed by atoms with E-state index in [0.717, 1.165) is 77.8 Å². The van der Waals surface area contributed by atoms with Crippen molar-refractivity contribution in [1.82, 2.24) is 15.1 Å². The number of amides is 2. The second kappa shape index (κ2) is 17.6. The van der Waals surface area contributed by atoms with Gasteiger partial charge in [-0.3, -0.25) is 9.59 Å². The molecule has 2 aliphatic heterocycles. The highest BCUT2D eigenvalue weighted by atomic mass is 32.1. The summed E-state index contributed by atoms with van der Waals surface area (Å²) in [6.07, 6.45) is 10.0. The van der Waals surface area contributed by atoms with E-state index in [-0.39, 0.29) is 11.8 Å². The summed E-state index contributed by atoms with van der Waals surface area (Å²) in [6.45, 7) is 5.22. The average Bonchev–Trinajstić information content (AvgIpc) is 3.68. The van der Waals surface area contributed by atoms with Crippen LogP contribution in [-0.4, -0.2) is 61.4 Å². The molecule has 0 aliphatic carbocycles. The molecule has 0 unspecified atom stereocenters. The molecule has 6 rings (SSSR count). The zero-order chi connectivity index (χ0) is 33.8. The largest absolute Gasteiger partial charge is 0.497 e. The van der Waals surface area contributed by atoms with Crippen molar-refractivity contribution in [3.8, 4) is 16.9 Å². The fourth-order valence-electron chi connectivity index (χ4n) is 7.44. The van der Waals surface area contributed by atoms with Crippen molar-refractivity contribution < 1.29 is 14.3 Å². The summed E-state index contributed by atoms with van der Waals surface area (Å²) in [6, 6.07) is 28.4. The van der Waals surface area contributed by atoms with Crippen LogP contribution in [0.1, 0.15) is 71.3 Å². The molecule has 4 aromatic rings. The van der Waals surface area contributed by atoms with Crippen molar-refractivity contribution in [3.05, 3.63) is 112 Å². The topological polar surface area (TPSA) is 61.9 Å². The molecule has 1 aromatic heterocycles. The lowest BCUT2D eigenvalue weighted by Crippen LogP contribution is -2.38. The second-order valence-electron chi connectivity index (χ2n) is 13.8. The van der Waals surface area contributed by atoms with Gasteiger partial charge in [-0.05, 0) is 121 Å². The lowest BCUT2D eigenvalue weighted by Gasteiger charge is -2.32. The molecule has 0 saturated carbocycles. The number of methoxy groups -OCH3 is 1. The van der Waals surface area contributed by atoms with Crippen LogP contribution in [0.3, 0.4) is 0 Å². The monoisotopic (exact) mass is 677 g/mol. The summed E-state index contributed by atoms with van der Waals surface area (Å²) >= 11 is 1.73. The SMILES string of the molecule is COc1cccc(CC(=O)N(CCc2cccs2)Cc2cccc(-c3cccc(C(=O)N4CCC(CCCC5CCNCC5)CC4)c3)c2)c1. The Labute approximate surface area is 296 Å². The van der Waals surface area contributed by atoms with E-state index in [1.54, 1.807) is 18.4 Å². The van der Waals surface area contributed by atoms with Crippen LogP contribution in [0, 0.1) is 11.8 Å². The number of likely N-dealkylation sites (tertiary alicyclic amines) is 1. The first-order valence-corrected chi connectivity index (χ1v) is 19.0. The van der Waals surface area contributed by atoms with Gasteiger partial charge in [0.05, 0.1) is 13.5 Å². The first-order valence-electron chi connectivity index (χ1n) is 18.2. The van der Waals surface area contributed by atoms with E-state index < -0.39 is 0 Å². The number of piperidine rings is 2. The third kappa shape index (κ3) is 10.1. The maximum Gasteiger partial charge on any atom is 0.253 e. The predicted molar refractivity (Wildman–Crippen MR) is 200 cm³/mol. The molecule has 2 fully saturated rings. The summed E-state index contributed by atoms with van der Waals surface area (Å²) in [5.74, 6) is 2.62. The van der Waals surface area contributed by atoms with Gasteiger partial charge in [0.1, 0.15) is 5.75 Å². The first-order chi connectivity index (χ1) is 24.0. The highest BCUT2D eigenvalue weighted by Gasteiger charge is 2.24. The van der Waals surface area contributed by atoms with Gasteiger partial charge in [-0.2, -0.15) is 0 Å². The quantitative estimate of drug-likeness (QED) is 0.146. The van der Waals surface area contributed by atoms with Crippen LogP contribution in [-0.2, 0) is 24.2 Å². The number of hydrogen-bond donors (Lipinski definition) is 1. The highest BCUT2D eigenvalue weighted by molar-refractivity contribution is 7.09. The van der Waals surface area contributed by atoms with Gasteiger partial charge in [0, 0.05) is 36.6 Å². The van der Waals surface area contributed by atoms with Gasteiger partial charge in [0.25, 0.3) is 5.91 Å². The number of ether oxygens (including phenoxy) is 1. The van der Waals surface area contributed by atoms with Crippen LogP contribution >= 0.6 is 11.3 Å². The number of nitrogens with one attached hydrogen (secondary N) is 1. The van der Waals surface area contributed by atoms with Crippen molar-refractivity contribution in [2.45, 2.75) is 64.3 Å². The maximum atomic E-state index is 13.7. The molecule has 0 atom stereocenters. The van der Waals surface area contributed by atoms with Crippen LogP contribution in [0.15, 0.2) is 90.3 Å². The third-order valence-corrected chi connectivity index (χ3v) is 11.3. The van der Waals surface area contributed by atoms with Crippen LogP contribution in [0.25, 0.3) is 11.1 Å². The van der Waals surface area contributed by atoms with Crippen LogP contribution < -0.4 is 10.1 Å². The summed E-state index contributed by atoms with van der Waals surface area (Å²) in [7, 11) is 1.65. The van der Waals surface area contributed by atoms with Crippen molar-refractivity contribution in [3.63, 3.8) is 0 Å². The van der Waals surface area contributed by atoms with Gasteiger partial charge in [-0.25, -0.2) is 0 Å². The van der Waals surface area contributed by atoms with Crippen LogP contribution in [0.2, 0.25) is 0 Å². The fraction of sp³-hybridized carbons (Fsp3) is 0.429. The Balaban J connectivity index is 1.07. The fourth-order valence-corrected chi connectivity index (χ4v) is 8.13. The molecule has 2 aliphatic rings. The lowest BCUT2D eigenvalue weighted by atomic mass is 9.87. The third-order valence-electron chi connectivity index (χ3n) is 10.4. The Bertz CT molecular complexity index is 1640. The number of rotatable bonds is 14. The smallest absolute Gasteiger partial charge is 0.253 e. The minimum Gasteiger partial charge on any atom is -0.497 e. The predicted octanol–water partition coefficient (Wildman–Crippen LogP) is 8.26. The minimum atomic E-state index is 0.0911. The summed E-state index contributed by atoms with van der Waals surface area (Å²) in [5, 5.41) is 5.56. The minimum absolute atomic E-state index is 0.0911. The molecule has 0 spiro atoms. The summed E-state index contributed by atoms with van der Waals surface area (Å²) in [5.41, 5.74) is 4.84. The highest BCUT2D eigenvalue weighted by Crippen LogP contribution is 2.28. The standard InChI is InChI=1S/C42H51N3O3S/c1-48-39-14-4-9-34(28-39)29-41(46)45(25-20-40-15-6-26-49-40)31-35-10-3-11-36(27-35)37-12-5-13-38(30-37)42(47)44-23-18-33(19-24-44)8-2-7-32-16-21-43-22-17-32/h3-6,9-15,26-28,30,32-33,43H,2,7-8,16-25,29,31H2,1H3. The molecule has 3 aromatic carbocycles. The van der Waals surface area contributed by atoms with Crippen molar-refractivity contribution in [1.29, 1.82) is 0 Å². The average molecular weight is 678 g/mol. The number of carbonyl (C=O) groups is 2. The van der Waals surface area contributed by atoms with E-state index in [0.29, 0.717) is 19.5 Å². The molecule has 2 amide bonds. The van der Waals surface area contributed by atoms with Crippen molar-refractivity contribution >= 4 is 23.2 Å². The molecule has 0 bridgehead atoms. The van der Waals surface area contributed by atoms with E-state index in [4.69, 9.17) is 4.74 Å². The molecule has 1 N–H and O–H groups in total. The van der Waals surface area contributed by atoms with Crippen LogP contribution in [0.4, 0.5) is 0 Å². The van der Waals surface area contributed by atoms with Gasteiger partial charge in [-0.1, -0.05) is 67.8 Å². The number of thiophene rings is 1. The van der Waals surface area contributed by atoms with E-state index in [2.05, 4.69) is 58.1 Å². The lowest BCUT2D eigenvalue weighted by molar-refractivity contribution is -0.131. The Morgan fingerprint density at radius 2 is 1.55 bits per heavy atom. The van der Waals surface area contributed by atoms with Crippen LogP contribution in [0.5, 0.6) is 5.75 Å². The normalized spacial score (nSPS) is 15.7. The van der Waals surface area contributed by atoms with E-state index in [1.807, 2.05) is 47.4 Å². The first kappa shape index (κ1) is 34.9. The molecular weight excluding hydrogens is 627 g/mol. The Morgan fingerprint density at radius 3 is 2.31 bits per heavy atom. The Kier molecular flexibility index (Phi) is 12.6. The maximum absolute atomic E-state index is 13.7. The summed E-state index contributed by atoms with van der Waals surface area (Å²) in [4.78, 5) is 32.6. The van der Waals surface area contributed by atoms with E-state index in [9.17, 15) is 9.59 Å². The van der Waals surface area contributed by atoms with E-state index in [1.165, 1.54) is 50.1 Å². The van der Waals surface area contributed by atoms with Crippen molar-refractivity contribution in [2.24, 2.45) is 11.8 Å². The molecule has 258 valence electrons. The van der Waals surface area contributed by atoms with Gasteiger partial charge in [-0.15, -0.1) is 11.3 Å². The van der Waals surface area contributed by atoms with Crippen molar-refractivity contribution in [2.75, 3.05) is 39.8 Å². The summed E-state index contributed by atoms with van der Waals surface area (Å²) < 4.78 is 5.39. The second-order valence-corrected chi connectivity index (χ2v) is 14.8. The van der Waals surface area contributed by atoms with Gasteiger partial charge in [0.2, 0.25) is 5.91 Å². The number of nitrogens with zero attached hydrogens (tertiary/aromatic N) is 2. The number of hydrogen-bond acceptors (Lipinski definition) is 5. The molecule has 7 heteroatoms. The molecule has 0 radical (unpaired) electrons. The van der Waals surface area contributed by atoms with Gasteiger partial charge >= 0.3 is 0 Å². The van der Waals surface area contributed by atoms with Gasteiger partial charge < -0.3 is 19.9 Å². The molecule has 6 nitrogen and oxygen atoms in total. The zero-order valence-electron chi connectivity index (χ0n) is 28.9. The molecule has 49 heavy (non-hydrogen) atoms. The number of carbonyl (C=O) groups excluding carboxylic acids is 2. The molecule has 2 saturated heterocycles. The molecule has 3 heterocycles. The van der Waals surface area contributed by atoms with Gasteiger partial charge in [0.15, 0.2) is 0 Å².